The first-order valence-electron chi connectivity index (χ1n) is 10.7. The van der Waals surface area contributed by atoms with Gasteiger partial charge in [-0.15, -0.1) is 0 Å². The van der Waals surface area contributed by atoms with Gasteiger partial charge in [-0.3, -0.25) is 4.79 Å². The van der Waals surface area contributed by atoms with E-state index in [9.17, 15) is 18.3 Å². The zero-order chi connectivity index (χ0) is 21.3. The predicted molar refractivity (Wildman–Crippen MR) is 109 cm³/mol. The Morgan fingerprint density at radius 1 is 0.786 bits per heavy atom. The van der Waals surface area contributed by atoms with Gasteiger partial charge < -0.3 is 18.8 Å². The van der Waals surface area contributed by atoms with Crippen molar-refractivity contribution in [1.29, 1.82) is 0 Å². The van der Waals surface area contributed by atoms with E-state index in [1.165, 1.54) is 44.9 Å². The molecule has 0 radical (unpaired) electrons. The molecular weight excluding hydrogens is 384 g/mol. The van der Waals surface area contributed by atoms with E-state index in [0.29, 0.717) is 6.42 Å². The van der Waals surface area contributed by atoms with Crippen LogP contribution in [0.4, 0.5) is 0 Å². The van der Waals surface area contributed by atoms with Gasteiger partial charge in [-0.25, -0.2) is 0 Å². The van der Waals surface area contributed by atoms with Crippen LogP contribution in [0, 0.1) is 0 Å². The Morgan fingerprint density at radius 3 is 1.61 bits per heavy atom. The number of carbonyl (C=O) groups is 1. The van der Waals surface area contributed by atoms with Crippen LogP contribution in [0.2, 0.25) is 0 Å². The van der Waals surface area contributed by atoms with Crippen LogP contribution in [0.25, 0.3) is 0 Å². The van der Waals surface area contributed by atoms with Gasteiger partial charge in [-0.05, 0) is 20.3 Å². The van der Waals surface area contributed by atoms with Gasteiger partial charge in [0.25, 0.3) is 0 Å². The van der Waals surface area contributed by atoms with Gasteiger partial charge in [0, 0.05) is 19.6 Å². The van der Waals surface area contributed by atoms with Gasteiger partial charge in [-0.1, -0.05) is 71.1 Å². The van der Waals surface area contributed by atoms with Crippen LogP contribution in [-0.4, -0.2) is 44.4 Å². The highest BCUT2D eigenvalue weighted by atomic mass is 32.2. The fourth-order valence-corrected chi connectivity index (χ4v) is 4.09. The Labute approximate surface area is 171 Å². The molecule has 0 spiro atoms. The fraction of sp³-hybridized carbons (Fsp3) is 0.950. The van der Waals surface area contributed by atoms with Gasteiger partial charge >= 0.3 is 21.2 Å². The zero-order valence-electron chi connectivity index (χ0n) is 17.9. The van der Waals surface area contributed by atoms with Crippen LogP contribution >= 0.6 is 0 Å². The molecule has 0 bridgehead atoms. The predicted octanol–water partition coefficient (Wildman–Crippen LogP) is 4.28. The second-order valence-corrected chi connectivity index (χ2v) is 8.60. The largest absolute Gasteiger partial charge is 0.389 e. The molecule has 1 N–H and O–H groups in total. The summed E-state index contributed by atoms with van der Waals surface area (Å²) in [5, 5.41) is 7.09. The van der Waals surface area contributed by atoms with Crippen LogP contribution < -0.4 is 0 Å². The lowest BCUT2D eigenvalue weighted by Crippen LogP contribution is -2.49. The second kappa shape index (κ2) is 16.1. The Balaban J connectivity index is 4.07. The number of aliphatic hydroxyl groups excluding tert-OH is 1. The van der Waals surface area contributed by atoms with E-state index in [2.05, 4.69) is 11.1 Å². The Morgan fingerprint density at radius 2 is 1.21 bits per heavy atom. The number of unbranched alkanes of at least 4 members (excludes halogenated alkanes) is 10. The molecule has 0 fully saturated rings. The lowest BCUT2D eigenvalue weighted by atomic mass is 10.1. The number of hydrogen-bond donors (Lipinski definition) is 1. The van der Waals surface area contributed by atoms with Crippen LogP contribution in [0.15, 0.2) is 0 Å². The lowest BCUT2D eigenvalue weighted by molar-refractivity contribution is -0.197. The first-order valence-corrected chi connectivity index (χ1v) is 12.2. The molecule has 0 aromatic carbocycles. The second-order valence-electron chi connectivity index (χ2n) is 6.90. The van der Waals surface area contributed by atoms with Gasteiger partial charge in [-0.2, -0.15) is 8.42 Å². The molecule has 0 aliphatic heterocycles. The summed E-state index contributed by atoms with van der Waals surface area (Å²) in [7, 11) is -4.57. The van der Waals surface area contributed by atoms with Gasteiger partial charge in [0.15, 0.2) is 0 Å². The Bertz CT molecular complexity index is 485. The van der Waals surface area contributed by atoms with Crippen LogP contribution in [0.5, 0.6) is 0 Å². The molecule has 0 heterocycles. The number of ether oxygens (including phenoxy) is 2. The highest BCUT2D eigenvalue weighted by molar-refractivity contribution is 7.88. The smallest absolute Gasteiger partial charge is 0.371 e. The molecule has 0 aliphatic rings. The first kappa shape index (κ1) is 27.3. The number of rotatable bonds is 19. The molecule has 8 heteroatoms. The number of hydrogen-bond acceptors (Lipinski definition) is 7. The molecular formula is C20H40O7S. The first-order chi connectivity index (χ1) is 13.4. The van der Waals surface area contributed by atoms with E-state index in [1.54, 1.807) is 13.8 Å². The van der Waals surface area contributed by atoms with Crippen LogP contribution in [0.1, 0.15) is 97.8 Å². The molecule has 0 saturated carbocycles. The van der Waals surface area contributed by atoms with E-state index in [-0.39, 0.29) is 19.6 Å². The van der Waals surface area contributed by atoms with Crippen molar-refractivity contribution in [2.24, 2.45) is 0 Å². The molecule has 7 nitrogen and oxygen atoms in total. The highest BCUT2D eigenvalue weighted by Gasteiger charge is 2.49. The maximum atomic E-state index is 12.3. The third kappa shape index (κ3) is 10.7. The summed E-state index contributed by atoms with van der Waals surface area (Å²) in [5.41, 5.74) is 0. The normalized spacial score (nSPS) is 12.3. The Hall–Kier alpha value is -0.700. The van der Waals surface area contributed by atoms with Crippen molar-refractivity contribution >= 4 is 16.1 Å². The molecule has 0 aromatic heterocycles. The van der Waals surface area contributed by atoms with Crippen molar-refractivity contribution in [2.75, 3.05) is 19.8 Å². The molecule has 0 unspecified atom stereocenters. The maximum absolute atomic E-state index is 12.3. The van der Waals surface area contributed by atoms with Crippen molar-refractivity contribution in [3.8, 4) is 0 Å². The quantitative estimate of drug-likeness (QED) is 0.188. The molecule has 0 rings (SSSR count). The summed E-state index contributed by atoms with van der Waals surface area (Å²) >= 11 is 0. The summed E-state index contributed by atoms with van der Waals surface area (Å²) in [6.45, 7) is 4.35. The molecule has 0 atom stereocenters. The van der Waals surface area contributed by atoms with E-state index >= 15 is 0 Å². The van der Waals surface area contributed by atoms with Gasteiger partial charge in [0.1, 0.15) is 6.61 Å². The maximum Gasteiger partial charge on any atom is 0.371 e. The third-order valence-electron chi connectivity index (χ3n) is 4.49. The molecule has 0 saturated heterocycles. The SMILES string of the molecule is CCCCCCCCCCCCCC(=O)OS(=O)(=O)C(CO)(OCC)OCC. The fourth-order valence-electron chi connectivity index (χ4n) is 2.96. The average molecular weight is 425 g/mol. The van der Waals surface area contributed by atoms with Gasteiger partial charge in [0.05, 0.1) is 0 Å². The summed E-state index contributed by atoms with van der Waals surface area (Å²) in [6, 6.07) is 0. The minimum absolute atomic E-state index is 0.00993. The summed E-state index contributed by atoms with van der Waals surface area (Å²) in [5.74, 6) is -0.854. The standard InChI is InChI=1S/C20H40O7S/c1-4-7-8-9-10-11-12-13-14-15-16-17-19(22)27-28(23,24)20(18-21,25-5-2)26-6-3/h21H,4-18H2,1-3H3. The Kier molecular flexibility index (Phi) is 15.7. The average Bonchev–Trinajstić information content (AvgIpc) is 2.65. The molecule has 168 valence electrons. The van der Waals surface area contributed by atoms with E-state index < -0.39 is 27.8 Å². The molecule has 28 heavy (non-hydrogen) atoms. The van der Waals surface area contributed by atoms with E-state index in [1.807, 2.05) is 0 Å². The summed E-state index contributed by atoms with van der Waals surface area (Å²) < 4.78 is 39.4. The van der Waals surface area contributed by atoms with Crippen LogP contribution in [0.3, 0.4) is 0 Å². The monoisotopic (exact) mass is 424 g/mol. The molecule has 0 amide bonds. The topological polar surface area (TPSA) is 99.1 Å². The summed E-state index contributed by atoms with van der Waals surface area (Å²) in [4.78, 5) is 11.9. The summed E-state index contributed by atoms with van der Waals surface area (Å²) in [6.07, 6.45) is 12.5. The number of carbonyl (C=O) groups excluding carboxylic acids is 1. The highest BCUT2D eigenvalue weighted by Crippen LogP contribution is 2.24. The van der Waals surface area contributed by atoms with Crippen molar-refractivity contribution in [2.45, 2.75) is 103 Å². The number of aliphatic hydroxyl groups is 1. The molecule has 0 aromatic rings. The van der Waals surface area contributed by atoms with Gasteiger partial charge in [0.2, 0.25) is 0 Å². The van der Waals surface area contributed by atoms with Crippen LogP contribution in [-0.2, 0) is 28.6 Å². The zero-order valence-corrected chi connectivity index (χ0v) is 18.7. The van der Waals surface area contributed by atoms with E-state index in [0.717, 1.165) is 19.3 Å². The van der Waals surface area contributed by atoms with E-state index in [4.69, 9.17) is 9.47 Å². The van der Waals surface area contributed by atoms with Crippen molar-refractivity contribution in [3.05, 3.63) is 0 Å². The third-order valence-corrected chi connectivity index (χ3v) is 6.02. The van der Waals surface area contributed by atoms with Crippen molar-refractivity contribution in [3.63, 3.8) is 0 Å². The van der Waals surface area contributed by atoms with Crippen molar-refractivity contribution in [1.82, 2.24) is 0 Å². The lowest BCUT2D eigenvalue weighted by Gasteiger charge is -2.29. The minimum atomic E-state index is -4.57. The van der Waals surface area contributed by atoms with Crippen molar-refractivity contribution < 1.29 is 32.0 Å². The minimum Gasteiger partial charge on any atom is -0.389 e. The molecule has 0 aliphatic carbocycles.